The highest BCUT2D eigenvalue weighted by molar-refractivity contribution is 5.42. The van der Waals surface area contributed by atoms with Crippen LogP contribution in [0.4, 0.5) is 11.8 Å². The zero-order chi connectivity index (χ0) is 15.2. The number of nitrogens with zero attached hydrogens (tertiary/aromatic N) is 3. The molecule has 1 N–H and O–H groups in total. The number of nitrogens with one attached hydrogen (secondary N) is 1. The van der Waals surface area contributed by atoms with Crippen LogP contribution in [-0.4, -0.2) is 22.6 Å². The number of piperidine rings is 1. The van der Waals surface area contributed by atoms with E-state index in [0.29, 0.717) is 6.04 Å². The van der Waals surface area contributed by atoms with Crippen molar-refractivity contribution < 1.29 is 0 Å². The third-order valence-electron chi connectivity index (χ3n) is 4.31. The van der Waals surface area contributed by atoms with Gasteiger partial charge in [0, 0.05) is 25.3 Å². The molecule has 4 nitrogen and oxygen atoms in total. The van der Waals surface area contributed by atoms with Crippen LogP contribution in [0.25, 0.3) is 0 Å². The largest absolute Gasteiger partial charge is 0.366 e. The molecule has 0 saturated carbocycles. The van der Waals surface area contributed by atoms with Gasteiger partial charge < -0.3 is 10.2 Å². The third kappa shape index (κ3) is 3.56. The molecule has 1 atom stereocenters. The number of hydrogen-bond acceptors (Lipinski definition) is 4. The van der Waals surface area contributed by atoms with Gasteiger partial charge in [-0.15, -0.1) is 0 Å². The van der Waals surface area contributed by atoms with Gasteiger partial charge in [0.2, 0.25) is 5.95 Å². The van der Waals surface area contributed by atoms with E-state index in [-0.39, 0.29) is 0 Å². The summed E-state index contributed by atoms with van der Waals surface area (Å²) >= 11 is 0. The van der Waals surface area contributed by atoms with E-state index in [0.717, 1.165) is 31.3 Å². The summed E-state index contributed by atoms with van der Waals surface area (Å²) in [5.74, 6) is 1.76. The van der Waals surface area contributed by atoms with Crippen LogP contribution in [-0.2, 0) is 6.54 Å². The van der Waals surface area contributed by atoms with E-state index < -0.39 is 0 Å². The minimum Gasteiger partial charge on any atom is -0.366 e. The number of anilines is 2. The molecule has 0 amide bonds. The van der Waals surface area contributed by atoms with Crippen molar-refractivity contribution in [2.45, 2.75) is 45.2 Å². The van der Waals surface area contributed by atoms with Crippen molar-refractivity contribution in [3.05, 3.63) is 48.2 Å². The molecule has 1 aromatic carbocycles. The highest BCUT2D eigenvalue weighted by atomic mass is 15.3. The molecule has 0 bridgehead atoms. The lowest BCUT2D eigenvalue weighted by molar-refractivity contribution is 0.443. The third-order valence-corrected chi connectivity index (χ3v) is 4.31. The topological polar surface area (TPSA) is 41.1 Å². The molecule has 1 aliphatic heterocycles. The van der Waals surface area contributed by atoms with Gasteiger partial charge in [-0.2, -0.15) is 4.98 Å². The predicted molar refractivity (Wildman–Crippen MR) is 91.1 cm³/mol. The first-order chi connectivity index (χ1) is 10.9. The maximum atomic E-state index is 4.71. The summed E-state index contributed by atoms with van der Waals surface area (Å²) in [7, 11) is 0. The van der Waals surface area contributed by atoms with Gasteiger partial charge in [-0.3, -0.25) is 0 Å². The molecular formula is C18H24N4. The van der Waals surface area contributed by atoms with Crippen molar-refractivity contribution in [2.75, 3.05) is 16.8 Å². The van der Waals surface area contributed by atoms with Gasteiger partial charge >= 0.3 is 0 Å². The maximum Gasteiger partial charge on any atom is 0.227 e. The van der Waals surface area contributed by atoms with Crippen LogP contribution in [0.1, 0.15) is 38.2 Å². The van der Waals surface area contributed by atoms with Crippen molar-refractivity contribution in [1.29, 1.82) is 0 Å². The van der Waals surface area contributed by atoms with Crippen molar-refractivity contribution in [1.82, 2.24) is 9.97 Å². The van der Waals surface area contributed by atoms with Crippen LogP contribution in [0.5, 0.6) is 0 Å². The van der Waals surface area contributed by atoms with Gasteiger partial charge in [0.1, 0.15) is 5.82 Å². The Kier molecular flexibility index (Phi) is 4.88. The molecule has 1 fully saturated rings. The van der Waals surface area contributed by atoms with Crippen molar-refractivity contribution >= 4 is 11.8 Å². The Hall–Kier alpha value is -2.10. The molecule has 0 aliphatic carbocycles. The molecule has 22 heavy (non-hydrogen) atoms. The molecule has 3 rings (SSSR count). The van der Waals surface area contributed by atoms with Crippen LogP contribution < -0.4 is 10.2 Å². The van der Waals surface area contributed by atoms with Gasteiger partial charge in [-0.05, 0) is 37.3 Å². The van der Waals surface area contributed by atoms with E-state index in [4.69, 9.17) is 4.98 Å². The number of rotatable bonds is 5. The molecule has 1 aliphatic rings. The molecule has 0 radical (unpaired) electrons. The second kappa shape index (κ2) is 7.25. The highest BCUT2D eigenvalue weighted by Gasteiger charge is 2.23. The predicted octanol–water partition coefficient (Wildman–Crippen LogP) is 3.86. The lowest BCUT2D eigenvalue weighted by atomic mass is 10.0. The fraction of sp³-hybridized carbons (Fsp3) is 0.444. The van der Waals surface area contributed by atoms with Gasteiger partial charge in [-0.25, -0.2) is 4.98 Å². The Labute approximate surface area is 132 Å². The second-order valence-electron chi connectivity index (χ2n) is 5.83. The van der Waals surface area contributed by atoms with E-state index in [1.165, 1.54) is 24.8 Å². The Balaban J connectivity index is 1.69. The van der Waals surface area contributed by atoms with Crippen molar-refractivity contribution in [2.24, 2.45) is 0 Å². The molecule has 116 valence electrons. The highest BCUT2D eigenvalue weighted by Crippen LogP contribution is 2.24. The van der Waals surface area contributed by atoms with Crippen LogP contribution in [0.15, 0.2) is 42.6 Å². The van der Waals surface area contributed by atoms with Crippen molar-refractivity contribution in [3.8, 4) is 0 Å². The molecule has 2 heterocycles. The van der Waals surface area contributed by atoms with E-state index >= 15 is 0 Å². The van der Waals surface area contributed by atoms with E-state index in [9.17, 15) is 0 Å². The van der Waals surface area contributed by atoms with Crippen LogP contribution >= 0.6 is 0 Å². The van der Waals surface area contributed by atoms with Gasteiger partial charge in [-0.1, -0.05) is 37.3 Å². The first kappa shape index (κ1) is 14.8. The quantitative estimate of drug-likeness (QED) is 0.909. The fourth-order valence-electron chi connectivity index (χ4n) is 3.06. The molecule has 4 heteroatoms. The Morgan fingerprint density at radius 3 is 2.86 bits per heavy atom. The number of hydrogen-bond donors (Lipinski definition) is 1. The molecule has 2 aromatic rings. The van der Waals surface area contributed by atoms with Crippen LogP contribution in [0.2, 0.25) is 0 Å². The van der Waals surface area contributed by atoms with E-state index in [2.05, 4.69) is 46.4 Å². The minimum atomic E-state index is 0.582. The molecule has 1 saturated heterocycles. The molecular weight excluding hydrogens is 272 g/mol. The zero-order valence-electron chi connectivity index (χ0n) is 13.2. The van der Waals surface area contributed by atoms with Gasteiger partial charge in [0.15, 0.2) is 0 Å². The first-order valence-corrected chi connectivity index (χ1v) is 8.24. The van der Waals surface area contributed by atoms with E-state index in [1.54, 1.807) is 0 Å². The lowest BCUT2D eigenvalue weighted by Gasteiger charge is -2.35. The first-order valence-electron chi connectivity index (χ1n) is 8.24. The minimum absolute atomic E-state index is 0.582. The molecule has 1 aromatic heterocycles. The average molecular weight is 296 g/mol. The van der Waals surface area contributed by atoms with Crippen molar-refractivity contribution in [3.63, 3.8) is 0 Å². The molecule has 1 unspecified atom stereocenters. The summed E-state index contributed by atoms with van der Waals surface area (Å²) < 4.78 is 0. The number of aromatic nitrogens is 2. The van der Waals surface area contributed by atoms with Gasteiger partial charge in [0.05, 0.1) is 0 Å². The van der Waals surface area contributed by atoms with Gasteiger partial charge in [0.25, 0.3) is 0 Å². The number of benzene rings is 1. The monoisotopic (exact) mass is 296 g/mol. The molecule has 0 spiro atoms. The summed E-state index contributed by atoms with van der Waals surface area (Å²) in [6.07, 6.45) is 6.83. The Morgan fingerprint density at radius 1 is 1.18 bits per heavy atom. The fourth-order valence-corrected chi connectivity index (χ4v) is 3.06. The summed E-state index contributed by atoms with van der Waals surface area (Å²) in [5.41, 5.74) is 1.26. The summed E-state index contributed by atoms with van der Waals surface area (Å²) in [5, 5.41) is 3.40. The average Bonchev–Trinajstić information content (AvgIpc) is 2.61. The normalized spacial score (nSPS) is 18.2. The maximum absolute atomic E-state index is 4.71. The lowest BCUT2D eigenvalue weighted by Crippen LogP contribution is -2.40. The standard InChI is InChI=1S/C18H24N4/c1-2-16-10-6-7-13-22(16)18-19-12-11-17(21-18)20-14-15-8-4-3-5-9-15/h3-5,8-9,11-12,16H,2,6-7,10,13-14H2,1H3,(H,19,20,21). The summed E-state index contributed by atoms with van der Waals surface area (Å²) in [4.78, 5) is 11.6. The van der Waals surface area contributed by atoms with Crippen LogP contribution in [0.3, 0.4) is 0 Å². The zero-order valence-corrected chi connectivity index (χ0v) is 13.2. The Morgan fingerprint density at radius 2 is 2.05 bits per heavy atom. The summed E-state index contributed by atoms with van der Waals surface area (Å²) in [6.45, 7) is 4.11. The van der Waals surface area contributed by atoms with E-state index in [1.807, 2.05) is 18.3 Å². The smallest absolute Gasteiger partial charge is 0.227 e. The second-order valence-corrected chi connectivity index (χ2v) is 5.83. The Bertz CT molecular complexity index is 585. The SMILES string of the molecule is CCC1CCCCN1c1nccc(NCc2ccccc2)n1. The van der Waals surface area contributed by atoms with Crippen LogP contribution in [0, 0.1) is 0 Å². The summed E-state index contributed by atoms with van der Waals surface area (Å²) in [6, 6.07) is 12.9.